The summed E-state index contributed by atoms with van der Waals surface area (Å²) in [5, 5.41) is 2.71. The Bertz CT molecular complexity index is 787. The van der Waals surface area contributed by atoms with Crippen molar-refractivity contribution in [2.45, 2.75) is 39.7 Å². The van der Waals surface area contributed by atoms with Crippen LogP contribution in [0.15, 0.2) is 24.3 Å². The number of amides is 1. The van der Waals surface area contributed by atoms with Gasteiger partial charge in [0.1, 0.15) is 5.75 Å². The summed E-state index contributed by atoms with van der Waals surface area (Å²) in [4.78, 5) is 24.7. The van der Waals surface area contributed by atoms with Gasteiger partial charge in [-0.15, -0.1) is 0 Å². The van der Waals surface area contributed by atoms with Gasteiger partial charge in [-0.2, -0.15) is 0 Å². The fourth-order valence-electron chi connectivity index (χ4n) is 2.96. The smallest absolute Gasteiger partial charge is 0.309 e. The van der Waals surface area contributed by atoms with Crippen molar-refractivity contribution in [1.29, 1.82) is 0 Å². The van der Waals surface area contributed by atoms with Gasteiger partial charge in [-0.1, -0.05) is 12.1 Å². The highest BCUT2D eigenvalue weighted by Gasteiger charge is 2.32. The van der Waals surface area contributed by atoms with Crippen LogP contribution in [0.25, 0.3) is 0 Å². The first-order valence-electron chi connectivity index (χ1n) is 9.49. The number of carbonyl (C=O) groups is 2. The summed E-state index contributed by atoms with van der Waals surface area (Å²) in [6.45, 7) is 5.99. The molecule has 28 heavy (non-hydrogen) atoms. The van der Waals surface area contributed by atoms with Gasteiger partial charge in [0.25, 0.3) is 5.91 Å². The first-order valence-corrected chi connectivity index (χ1v) is 11.1. The van der Waals surface area contributed by atoms with Crippen molar-refractivity contribution in [3.63, 3.8) is 0 Å². The molecule has 156 valence electrons. The minimum Gasteiger partial charge on any atom is -0.492 e. The molecule has 0 radical (unpaired) electrons. The molecule has 1 fully saturated rings. The summed E-state index contributed by atoms with van der Waals surface area (Å²) in [5.74, 6) is -0.751. The summed E-state index contributed by atoms with van der Waals surface area (Å²) in [6.07, 6.45) is -0.196. The number of ether oxygens (including phenoxy) is 2. The zero-order chi connectivity index (χ0) is 20.7. The summed E-state index contributed by atoms with van der Waals surface area (Å²) in [6, 6.07) is 7.03. The zero-order valence-electron chi connectivity index (χ0n) is 16.5. The predicted octanol–water partition coefficient (Wildman–Crippen LogP) is 2.02. The molecule has 1 aliphatic heterocycles. The minimum atomic E-state index is -3.25. The monoisotopic (exact) mass is 412 g/mol. The molecule has 0 aromatic heterocycles. The van der Waals surface area contributed by atoms with E-state index in [-0.39, 0.29) is 18.8 Å². The first-order chi connectivity index (χ1) is 13.3. The van der Waals surface area contributed by atoms with Crippen LogP contribution in [0.3, 0.4) is 0 Å². The van der Waals surface area contributed by atoms with E-state index >= 15 is 0 Å². The van der Waals surface area contributed by atoms with E-state index in [0.717, 1.165) is 0 Å². The van der Waals surface area contributed by atoms with Crippen molar-refractivity contribution < 1.29 is 27.5 Å². The van der Waals surface area contributed by atoms with Crippen LogP contribution >= 0.6 is 0 Å². The molecule has 2 rings (SSSR count). The molecular formula is C19H28N2O6S. The average molecular weight is 413 g/mol. The topological polar surface area (TPSA) is 102 Å². The quantitative estimate of drug-likeness (QED) is 0.656. The minimum absolute atomic E-state index is 0.0442. The number of hydrogen-bond donors (Lipinski definition) is 1. The molecule has 1 atom stereocenters. The van der Waals surface area contributed by atoms with Gasteiger partial charge in [-0.05, 0) is 45.7 Å². The summed E-state index contributed by atoms with van der Waals surface area (Å²) < 4.78 is 36.0. The average Bonchev–Trinajstić information content (AvgIpc) is 2.69. The van der Waals surface area contributed by atoms with E-state index in [1.165, 1.54) is 11.2 Å². The van der Waals surface area contributed by atoms with Gasteiger partial charge >= 0.3 is 5.97 Å². The van der Waals surface area contributed by atoms with E-state index in [1.807, 2.05) is 6.92 Å². The second-order valence-electron chi connectivity index (χ2n) is 6.57. The molecule has 0 saturated carbocycles. The summed E-state index contributed by atoms with van der Waals surface area (Å²) >= 11 is 0. The van der Waals surface area contributed by atoms with Gasteiger partial charge in [0.2, 0.25) is 10.0 Å². The summed E-state index contributed by atoms with van der Waals surface area (Å²) in [7, 11) is -3.25. The number of para-hydroxylation sites is 2. The van der Waals surface area contributed by atoms with E-state index in [9.17, 15) is 18.0 Å². The Labute approximate surface area is 166 Å². The fraction of sp³-hybridized carbons (Fsp3) is 0.579. The second-order valence-corrected chi connectivity index (χ2v) is 8.83. The van der Waals surface area contributed by atoms with E-state index in [0.29, 0.717) is 30.9 Å². The predicted molar refractivity (Wildman–Crippen MR) is 106 cm³/mol. The normalized spacial score (nSPS) is 17.0. The van der Waals surface area contributed by atoms with Crippen LogP contribution in [0.2, 0.25) is 0 Å². The molecule has 1 saturated heterocycles. The van der Waals surface area contributed by atoms with E-state index in [1.54, 1.807) is 31.2 Å². The number of carbonyl (C=O) groups excluding carboxylic acids is 2. The van der Waals surface area contributed by atoms with E-state index < -0.39 is 33.9 Å². The third-order valence-electron chi connectivity index (χ3n) is 4.65. The molecule has 1 aliphatic rings. The Morgan fingerprint density at radius 3 is 2.46 bits per heavy atom. The molecule has 1 heterocycles. The number of benzene rings is 1. The highest BCUT2D eigenvalue weighted by atomic mass is 32.2. The van der Waals surface area contributed by atoms with E-state index in [2.05, 4.69) is 5.32 Å². The van der Waals surface area contributed by atoms with Gasteiger partial charge in [-0.25, -0.2) is 12.7 Å². The maximum Gasteiger partial charge on any atom is 0.309 e. The molecule has 1 N–H and O–H groups in total. The molecule has 1 aromatic rings. The molecule has 0 bridgehead atoms. The largest absolute Gasteiger partial charge is 0.492 e. The third-order valence-corrected chi connectivity index (χ3v) is 6.53. The zero-order valence-corrected chi connectivity index (χ0v) is 17.3. The number of nitrogens with one attached hydrogen (secondary N) is 1. The maximum absolute atomic E-state index is 12.4. The molecule has 1 aromatic carbocycles. The SMILES string of the molecule is CCOc1ccccc1NC(=O)C(C)OC(=O)C1CCN(S(=O)(=O)CC)CC1. The molecule has 9 heteroatoms. The number of esters is 1. The van der Waals surface area contributed by atoms with Crippen molar-refractivity contribution >= 4 is 27.6 Å². The van der Waals surface area contributed by atoms with E-state index in [4.69, 9.17) is 9.47 Å². The lowest BCUT2D eigenvalue weighted by molar-refractivity contribution is -0.158. The molecule has 0 aliphatic carbocycles. The van der Waals surface area contributed by atoms with Crippen LogP contribution in [0.5, 0.6) is 5.75 Å². The van der Waals surface area contributed by atoms with Crippen molar-refractivity contribution in [2.24, 2.45) is 5.92 Å². The lowest BCUT2D eigenvalue weighted by Crippen LogP contribution is -2.42. The number of nitrogens with zero attached hydrogens (tertiary/aromatic N) is 1. The first kappa shape index (κ1) is 22.2. The Morgan fingerprint density at radius 2 is 1.86 bits per heavy atom. The van der Waals surface area contributed by atoms with Crippen LogP contribution in [-0.4, -0.2) is 56.2 Å². The molecule has 1 amide bonds. The highest BCUT2D eigenvalue weighted by Crippen LogP contribution is 2.25. The van der Waals surface area contributed by atoms with Gasteiger partial charge in [0.15, 0.2) is 6.10 Å². The Kier molecular flexibility index (Phi) is 7.82. The fourth-order valence-corrected chi connectivity index (χ4v) is 4.09. The number of hydrogen-bond acceptors (Lipinski definition) is 6. The van der Waals surface area contributed by atoms with Crippen LogP contribution in [0, 0.1) is 5.92 Å². The van der Waals surface area contributed by atoms with Crippen molar-refractivity contribution in [1.82, 2.24) is 4.31 Å². The third kappa shape index (κ3) is 5.68. The lowest BCUT2D eigenvalue weighted by atomic mass is 9.98. The van der Waals surface area contributed by atoms with Crippen LogP contribution < -0.4 is 10.1 Å². The van der Waals surface area contributed by atoms with Crippen molar-refractivity contribution in [3.05, 3.63) is 24.3 Å². The van der Waals surface area contributed by atoms with Crippen LogP contribution in [-0.2, 0) is 24.3 Å². The van der Waals surface area contributed by atoms with Gasteiger partial charge in [0, 0.05) is 13.1 Å². The van der Waals surface area contributed by atoms with Gasteiger partial charge in [-0.3, -0.25) is 9.59 Å². The van der Waals surface area contributed by atoms with Gasteiger partial charge in [0.05, 0.1) is 24.0 Å². The molecule has 1 unspecified atom stereocenters. The molecular weight excluding hydrogens is 384 g/mol. The highest BCUT2D eigenvalue weighted by molar-refractivity contribution is 7.89. The number of piperidine rings is 1. The molecule has 8 nitrogen and oxygen atoms in total. The van der Waals surface area contributed by atoms with Crippen molar-refractivity contribution in [2.75, 3.05) is 30.8 Å². The summed E-state index contributed by atoms with van der Waals surface area (Å²) in [5.41, 5.74) is 0.510. The number of sulfonamides is 1. The lowest BCUT2D eigenvalue weighted by Gasteiger charge is -2.30. The van der Waals surface area contributed by atoms with Crippen molar-refractivity contribution in [3.8, 4) is 5.75 Å². The maximum atomic E-state index is 12.4. The van der Waals surface area contributed by atoms with Crippen LogP contribution in [0.4, 0.5) is 5.69 Å². The number of anilines is 1. The Hall–Kier alpha value is -2.13. The van der Waals surface area contributed by atoms with Crippen LogP contribution in [0.1, 0.15) is 33.6 Å². The number of rotatable bonds is 8. The molecule has 0 spiro atoms. The Balaban J connectivity index is 1.88. The Morgan fingerprint density at radius 1 is 1.21 bits per heavy atom. The van der Waals surface area contributed by atoms with Gasteiger partial charge < -0.3 is 14.8 Å². The standard InChI is InChI=1S/C19H28N2O6S/c1-4-26-17-9-7-6-8-16(17)20-18(22)14(3)27-19(23)15-10-12-21(13-11-15)28(24,25)5-2/h6-9,14-15H,4-5,10-13H2,1-3H3,(H,20,22). The second kappa shape index (κ2) is 9.88.